The third kappa shape index (κ3) is 4.78. The minimum absolute atomic E-state index is 0.148. The van der Waals surface area contributed by atoms with Crippen LogP contribution in [-0.2, 0) is 9.53 Å². The van der Waals surface area contributed by atoms with Gasteiger partial charge in [-0.25, -0.2) is 4.98 Å². The van der Waals surface area contributed by atoms with Crippen molar-refractivity contribution in [2.24, 2.45) is 0 Å². The van der Waals surface area contributed by atoms with Gasteiger partial charge < -0.3 is 9.47 Å². The van der Waals surface area contributed by atoms with Crippen molar-refractivity contribution in [3.8, 4) is 5.75 Å². The van der Waals surface area contributed by atoms with Gasteiger partial charge in [-0.15, -0.1) is 0 Å². The Kier molecular flexibility index (Phi) is 7.04. The van der Waals surface area contributed by atoms with Gasteiger partial charge in [-0.1, -0.05) is 24.3 Å². The third-order valence-electron chi connectivity index (χ3n) is 4.87. The first-order valence-electron chi connectivity index (χ1n) is 9.68. The molecule has 0 radical (unpaired) electrons. The van der Waals surface area contributed by atoms with E-state index >= 15 is 0 Å². The standard InChI is InChI=1S/C20H29N3O3S/c1-4-6-17(24)23(10-5-9-22-11-13-26-14-12-22)20-21-18-16(25-3)8-7-15(2)19(18)27-20/h7-8H,4-6,9-14H2,1-3H3. The molecule has 0 saturated carbocycles. The Bertz CT molecular complexity index is 771. The van der Waals surface area contributed by atoms with Crippen molar-refractivity contribution >= 4 is 32.6 Å². The molecule has 0 unspecified atom stereocenters. The second-order valence-corrected chi connectivity index (χ2v) is 7.84. The maximum atomic E-state index is 12.8. The van der Waals surface area contributed by atoms with Crippen LogP contribution in [0.3, 0.4) is 0 Å². The minimum atomic E-state index is 0.148. The van der Waals surface area contributed by atoms with Gasteiger partial charge in [0.2, 0.25) is 5.91 Å². The zero-order valence-electron chi connectivity index (χ0n) is 16.5. The fraction of sp³-hybridized carbons (Fsp3) is 0.600. The van der Waals surface area contributed by atoms with Crippen LogP contribution < -0.4 is 9.64 Å². The first kappa shape index (κ1) is 20.0. The summed E-state index contributed by atoms with van der Waals surface area (Å²) in [5, 5.41) is 0.776. The van der Waals surface area contributed by atoms with E-state index in [4.69, 9.17) is 14.5 Å². The molecule has 0 atom stereocenters. The number of anilines is 1. The number of hydrogen-bond acceptors (Lipinski definition) is 6. The lowest BCUT2D eigenvalue weighted by Crippen LogP contribution is -2.39. The van der Waals surface area contributed by atoms with E-state index in [1.165, 1.54) is 0 Å². The number of morpholine rings is 1. The van der Waals surface area contributed by atoms with Crippen molar-refractivity contribution in [1.29, 1.82) is 0 Å². The maximum Gasteiger partial charge on any atom is 0.228 e. The van der Waals surface area contributed by atoms with Gasteiger partial charge in [0.05, 0.1) is 25.0 Å². The van der Waals surface area contributed by atoms with Gasteiger partial charge in [-0.3, -0.25) is 14.6 Å². The number of aromatic nitrogens is 1. The van der Waals surface area contributed by atoms with Crippen molar-refractivity contribution in [2.75, 3.05) is 51.4 Å². The quantitative estimate of drug-likeness (QED) is 0.690. The summed E-state index contributed by atoms with van der Waals surface area (Å²) in [5.41, 5.74) is 2.01. The molecule has 3 rings (SSSR count). The molecule has 1 saturated heterocycles. The van der Waals surface area contributed by atoms with Crippen LogP contribution in [-0.4, -0.2) is 62.3 Å². The van der Waals surface area contributed by atoms with Gasteiger partial charge in [0.25, 0.3) is 0 Å². The molecular formula is C20H29N3O3S. The zero-order valence-corrected chi connectivity index (χ0v) is 17.3. The third-order valence-corrected chi connectivity index (χ3v) is 6.08. The summed E-state index contributed by atoms with van der Waals surface area (Å²) >= 11 is 1.58. The number of thiazole rings is 1. The number of rotatable bonds is 8. The Hall–Kier alpha value is -1.70. The molecule has 148 valence electrons. The number of amides is 1. The molecule has 0 bridgehead atoms. The SMILES string of the molecule is CCCC(=O)N(CCCN1CCOCC1)c1nc2c(OC)ccc(C)c2s1. The Labute approximate surface area is 165 Å². The average molecular weight is 392 g/mol. The van der Waals surface area contributed by atoms with Crippen LogP contribution in [0.15, 0.2) is 12.1 Å². The van der Waals surface area contributed by atoms with Crippen LogP contribution in [0.5, 0.6) is 5.75 Å². The number of nitrogens with zero attached hydrogens (tertiary/aromatic N) is 3. The van der Waals surface area contributed by atoms with Gasteiger partial charge in [0.1, 0.15) is 11.3 Å². The number of benzene rings is 1. The lowest BCUT2D eigenvalue weighted by Gasteiger charge is -2.27. The topological polar surface area (TPSA) is 54.9 Å². The van der Waals surface area contributed by atoms with Gasteiger partial charge >= 0.3 is 0 Å². The van der Waals surface area contributed by atoms with E-state index in [-0.39, 0.29) is 5.91 Å². The lowest BCUT2D eigenvalue weighted by atomic mass is 10.2. The molecule has 1 aromatic carbocycles. The Morgan fingerprint density at radius 2 is 2.15 bits per heavy atom. The fourth-order valence-electron chi connectivity index (χ4n) is 3.33. The summed E-state index contributed by atoms with van der Waals surface area (Å²) in [6, 6.07) is 3.98. The summed E-state index contributed by atoms with van der Waals surface area (Å²) in [4.78, 5) is 21.8. The van der Waals surface area contributed by atoms with Crippen molar-refractivity contribution < 1.29 is 14.3 Å². The Morgan fingerprint density at radius 3 is 2.85 bits per heavy atom. The van der Waals surface area contributed by atoms with Gasteiger partial charge in [-0.05, 0) is 31.4 Å². The average Bonchev–Trinajstić information content (AvgIpc) is 3.12. The number of fused-ring (bicyclic) bond motifs is 1. The molecule has 1 aliphatic heterocycles. The number of aryl methyl sites for hydroxylation is 1. The fourth-order valence-corrected chi connectivity index (χ4v) is 4.43. The number of carbonyl (C=O) groups is 1. The smallest absolute Gasteiger partial charge is 0.228 e. The summed E-state index contributed by atoms with van der Waals surface area (Å²) < 4.78 is 12.0. The molecule has 6 nitrogen and oxygen atoms in total. The molecule has 0 aliphatic carbocycles. The Morgan fingerprint density at radius 1 is 1.37 bits per heavy atom. The van der Waals surface area contributed by atoms with Crippen LogP contribution in [0.4, 0.5) is 5.13 Å². The number of hydrogen-bond donors (Lipinski definition) is 0. The van der Waals surface area contributed by atoms with Crippen LogP contribution in [0.25, 0.3) is 10.2 Å². The van der Waals surface area contributed by atoms with E-state index < -0.39 is 0 Å². The number of ether oxygens (including phenoxy) is 2. The monoisotopic (exact) mass is 391 g/mol. The van der Waals surface area contributed by atoms with Crippen LogP contribution in [0.1, 0.15) is 31.7 Å². The normalized spacial score (nSPS) is 15.2. The summed E-state index contributed by atoms with van der Waals surface area (Å²) in [7, 11) is 1.66. The highest BCUT2D eigenvalue weighted by molar-refractivity contribution is 7.22. The molecule has 27 heavy (non-hydrogen) atoms. The number of carbonyl (C=O) groups excluding carboxylic acids is 1. The predicted molar refractivity (Wildman–Crippen MR) is 110 cm³/mol. The highest BCUT2D eigenvalue weighted by atomic mass is 32.1. The molecule has 0 N–H and O–H groups in total. The second kappa shape index (κ2) is 9.48. The summed E-state index contributed by atoms with van der Waals surface area (Å²) in [5.74, 6) is 0.907. The first-order chi connectivity index (χ1) is 13.1. The van der Waals surface area contributed by atoms with Crippen molar-refractivity contribution in [3.05, 3.63) is 17.7 Å². The maximum absolute atomic E-state index is 12.8. The highest BCUT2D eigenvalue weighted by Crippen LogP contribution is 2.36. The van der Waals surface area contributed by atoms with Crippen LogP contribution >= 0.6 is 11.3 Å². The van der Waals surface area contributed by atoms with E-state index in [1.54, 1.807) is 18.4 Å². The molecule has 1 aromatic heterocycles. The minimum Gasteiger partial charge on any atom is -0.494 e. The van der Waals surface area contributed by atoms with Crippen molar-refractivity contribution in [2.45, 2.75) is 33.1 Å². The van der Waals surface area contributed by atoms with Gasteiger partial charge in [0.15, 0.2) is 5.13 Å². The molecule has 1 amide bonds. The summed E-state index contributed by atoms with van der Waals surface area (Å²) in [6.45, 7) is 9.32. The molecule has 1 aliphatic rings. The molecule has 0 spiro atoms. The summed E-state index contributed by atoms with van der Waals surface area (Å²) in [6.07, 6.45) is 2.32. The van der Waals surface area contributed by atoms with E-state index in [1.807, 2.05) is 24.0 Å². The largest absolute Gasteiger partial charge is 0.494 e. The molecular weight excluding hydrogens is 362 g/mol. The van der Waals surface area contributed by atoms with Crippen LogP contribution in [0, 0.1) is 6.92 Å². The zero-order chi connectivity index (χ0) is 19.2. The Balaban J connectivity index is 1.78. The molecule has 2 aromatic rings. The second-order valence-electron chi connectivity index (χ2n) is 6.86. The van der Waals surface area contributed by atoms with Crippen molar-refractivity contribution in [1.82, 2.24) is 9.88 Å². The van der Waals surface area contributed by atoms with E-state index in [0.29, 0.717) is 13.0 Å². The first-order valence-corrected chi connectivity index (χ1v) is 10.5. The van der Waals surface area contributed by atoms with Crippen molar-refractivity contribution in [3.63, 3.8) is 0 Å². The molecule has 2 heterocycles. The van der Waals surface area contributed by atoms with E-state index in [2.05, 4.69) is 11.8 Å². The van der Waals surface area contributed by atoms with Gasteiger partial charge in [-0.2, -0.15) is 0 Å². The lowest BCUT2D eigenvalue weighted by molar-refractivity contribution is -0.118. The number of methoxy groups -OCH3 is 1. The molecule has 1 fully saturated rings. The predicted octanol–water partition coefficient (Wildman–Crippen LogP) is 3.47. The highest BCUT2D eigenvalue weighted by Gasteiger charge is 2.21. The molecule has 7 heteroatoms. The van der Waals surface area contributed by atoms with E-state index in [9.17, 15) is 4.79 Å². The van der Waals surface area contributed by atoms with E-state index in [0.717, 1.165) is 72.4 Å². The van der Waals surface area contributed by atoms with Gasteiger partial charge in [0, 0.05) is 32.6 Å². The van der Waals surface area contributed by atoms with Crippen LogP contribution in [0.2, 0.25) is 0 Å².